The van der Waals surface area contributed by atoms with Crippen molar-refractivity contribution in [2.75, 3.05) is 0 Å². The van der Waals surface area contributed by atoms with Crippen LogP contribution in [0.3, 0.4) is 0 Å². The number of aliphatic hydroxyl groups is 1. The Kier molecular flexibility index (Phi) is 3.20. The number of benzene rings is 1. The highest BCUT2D eigenvalue weighted by Crippen LogP contribution is 2.42. The molecule has 1 aromatic carbocycles. The number of aliphatic hydroxyl groups excluding tert-OH is 1. The number of fused-ring (bicyclic) bond motifs is 1. The van der Waals surface area contributed by atoms with E-state index < -0.39 is 0 Å². The molecule has 1 aromatic rings. The van der Waals surface area contributed by atoms with Gasteiger partial charge in [-0.15, -0.1) is 0 Å². The Bertz CT molecular complexity index is 362. The lowest BCUT2D eigenvalue weighted by molar-refractivity contribution is -0.0231. The van der Waals surface area contributed by atoms with Gasteiger partial charge in [0.1, 0.15) is 11.4 Å². The van der Waals surface area contributed by atoms with Crippen LogP contribution in [0.5, 0.6) is 5.75 Å². The second-order valence-electron chi connectivity index (χ2n) is 4.65. The number of hydrogen-bond acceptors (Lipinski definition) is 2. The number of rotatable bonds is 3. The van der Waals surface area contributed by atoms with Crippen molar-refractivity contribution in [3.63, 3.8) is 0 Å². The smallest absolute Gasteiger partial charge is 0.125 e. The molecule has 1 heterocycles. The summed E-state index contributed by atoms with van der Waals surface area (Å²) in [5.41, 5.74) is 0.769. The average Bonchev–Trinajstić information content (AvgIpc) is 2.29. The average molecular weight is 220 g/mol. The van der Waals surface area contributed by atoms with Crippen LogP contribution in [-0.4, -0.2) is 10.7 Å². The maximum Gasteiger partial charge on any atom is 0.125 e. The van der Waals surface area contributed by atoms with Crippen molar-refractivity contribution in [2.45, 2.75) is 51.2 Å². The van der Waals surface area contributed by atoms with Crippen molar-refractivity contribution in [1.29, 1.82) is 0 Å². The summed E-state index contributed by atoms with van der Waals surface area (Å²) in [6, 6.07) is 7.82. The van der Waals surface area contributed by atoms with Crippen LogP contribution < -0.4 is 4.74 Å². The van der Waals surface area contributed by atoms with Gasteiger partial charge in [-0.2, -0.15) is 0 Å². The lowest BCUT2D eigenvalue weighted by Gasteiger charge is -2.40. The van der Waals surface area contributed by atoms with Gasteiger partial charge < -0.3 is 9.84 Å². The summed E-state index contributed by atoms with van der Waals surface area (Å²) >= 11 is 0. The van der Waals surface area contributed by atoms with Crippen molar-refractivity contribution in [1.82, 2.24) is 0 Å². The molecule has 2 nitrogen and oxygen atoms in total. The highest BCUT2D eigenvalue weighted by molar-refractivity contribution is 5.37. The maximum atomic E-state index is 10.2. The van der Waals surface area contributed by atoms with Crippen molar-refractivity contribution >= 4 is 0 Å². The fourth-order valence-electron chi connectivity index (χ4n) is 2.59. The van der Waals surface area contributed by atoms with Gasteiger partial charge in [0.25, 0.3) is 0 Å². The summed E-state index contributed by atoms with van der Waals surface area (Å²) in [4.78, 5) is 0. The molecule has 2 atom stereocenters. The van der Waals surface area contributed by atoms with Gasteiger partial charge in [-0.3, -0.25) is 0 Å². The van der Waals surface area contributed by atoms with E-state index in [1.54, 1.807) is 0 Å². The summed E-state index contributed by atoms with van der Waals surface area (Å²) in [6.07, 6.45) is 3.38. The zero-order chi connectivity index (χ0) is 11.6. The van der Waals surface area contributed by atoms with Crippen LogP contribution in [0.15, 0.2) is 24.3 Å². The van der Waals surface area contributed by atoms with Gasteiger partial charge in [0.15, 0.2) is 0 Å². The molecule has 0 aromatic heterocycles. The Balaban J connectivity index is 2.32. The van der Waals surface area contributed by atoms with Gasteiger partial charge in [-0.25, -0.2) is 0 Å². The van der Waals surface area contributed by atoms with Gasteiger partial charge in [-0.05, 0) is 18.9 Å². The minimum absolute atomic E-state index is 0.164. The van der Waals surface area contributed by atoms with Gasteiger partial charge in [-0.1, -0.05) is 38.5 Å². The lowest BCUT2D eigenvalue weighted by atomic mass is 9.84. The minimum Gasteiger partial charge on any atom is -0.487 e. The van der Waals surface area contributed by atoms with Gasteiger partial charge in [0.05, 0.1) is 6.10 Å². The molecule has 0 saturated heterocycles. The molecule has 88 valence electrons. The molecular weight excluding hydrogens is 200 g/mol. The third kappa shape index (κ3) is 1.94. The summed E-state index contributed by atoms with van der Waals surface area (Å²) in [5.74, 6) is 0.858. The highest BCUT2D eigenvalue weighted by Gasteiger charge is 2.38. The van der Waals surface area contributed by atoms with Gasteiger partial charge in [0.2, 0.25) is 0 Å². The van der Waals surface area contributed by atoms with Crippen LogP contribution >= 0.6 is 0 Å². The fraction of sp³-hybridized carbons (Fsp3) is 0.571. The molecule has 1 aliphatic heterocycles. The first kappa shape index (κ1) is 11.5. The van der Waals surface area contributed by atoms with Crippen LogP contribution in [-0.2, 0) is 0 Å². The molecule has 1 unspecified atom stereocenters. The minimum atomic E-state index is -0.378. The second kappa shape index (κ2) is 4.46. The summed E-state index contributed by atoms with van der Waals surface area (Å²) in [7, 11) is 0. The second-order valence-corrected chi connectivity index (χ2v) is 4.65. The Morgan fingerprint density at radius 2 is 2.12 bits per heavy atom. The zero-order valence-electron chi connectivity index (χ0n) is 10.1. The number of ether oxygens (including phenoxy) is 1. The van der Waals surface area contributed by atoms with E-state index in [0.29, 0.717) is 6.42 Å². The van der Waals surface area contributed by atoms with E-state index in [1.165, 1.54) is 0 Å². The molecule has 2 rings (SSSR count). The van der Waals surface area contributed by atoms with E-state index >= 15 is 0 Å². The van der Waals surface area contributed by atoms with Crippen molar-refractivity contribution < 1.29 is 9.84 Å². The van der Waals surface area contributed by atoms with Crippen LogP contribution in [0.4, 0.5) is 0 Å². The topological polar surface area (TPSA) is 29.5 Å². The van der Waals surface area contributed by atoms with Crippen molar-refractivity contribution in [3.8, 4) is 5.75 Å². The molecule has 0 saturated carbocycles. The van der Waals surface area contributed by atoms with E-state index in [9.17, 15) is 5.11 Å². The molecule has 16 heavy (non-hydrogen) atoms. The Morgan fingerprint density at radius 3 is 2.81 bits per heavy atom. The predicted octanol–water partition coefficient (Wildman–Crippen LogP) is 3.45. The Labute approximate surface area is 97.3 Å². The van der Waals surface area contributed by atoms with E-state index in [1.807, 2.05) is 24.3 Å². The van der Waals surface area contributed by atoms with E-state index in [2.05, 4.69) is 13.8 Å². The van der Waals surface area contributed by atoms with Gasteiger partial charge in [0, 0.05) is 12.0 Å². The maximum absolute atomic E-state index is 10.2. The van der Waals surface area contributed by atoms with Crippen molar-refractivity contribution in [3.05, 3.63) is 29.8 Å². The van der Waals surface area contributed by atoms with Gasteiger partial charge >= 0.3 is 0 Å². The van der Waals surface area contributed by atoms with E-state index in [-0.39, 0.29) is 11.7 Å². The standard InChI is InChI=1S/C14H20O2/c1-3-9-14(4-2)10-12(15)11-7-5-6-8-13(11)16-14/h5-8,12,15H,3-4,9-10H2,1-2H3/t12-,14?/m1/s1. The largest absolute Gasteiger partial charge is 0.487 e. The molecule has 0 radical (unpaired) electrons. The first-order valence-corrected chi connectivity index (χ1v) is 6.17. The number of hydrogen-bond donors (Lipinski definition) is 1. The SMILES string of the molecule is CCCC1(CC)C[C@@H](O)c2ccccc2O1. The number of para-hydroxylation sites is 1. The van der Waals surface area contributed by atoms with Crippen LogP contribution in [0.1, 0.15) is 51.2 Å². The molecule has 0 bridgehead atoms. The van der Waals surface area contributed by atoms with Crippen molar-refractivity contribution in [2.24, 2.45) is 0 Å². The first-order chi connectivity index (χ1) is 7.71. The summed E-state index contributed by atoms with van der Waals surface area (Å²) in [6.45, 7) is 4.30. The molecule has 2 heteroatoms. The van der Waals surface area contributed by atoms with E-state index in [0.717, 1.165) is 30.6 Å². The summed E-state index contributed by atoms with van der Waals surface area (Å²) in [5, 5.41) is 10.2. The summed E-state index contributed by atoms with van der Waals surface area (Å²) < 4.78 is 6.12. The normalized spacial score (nSPS) is 28.3. The van der Waals surface area contributed by atoms with E-state index in [4.69, 9.17) is 4.74 Å². The third-order valence-corrected chi connectivity index (χ3v) is 3.52. The molecule has 1 N–H and O–H groups in total. The Morgan fingerprint density at radius 1 is 1.38 bits per heavy atom. The van der Waals surface area contributed by atoms with Crippen LogP contribution in [0.2, 0.25) is 0 Å². The molecule has 0 aliphatic carbocycles. The highest BCUT2D eigenvalue weighted by atomic mass is 16.5. The monoisotopic (exact) mass is 220 g/mol. The molecular formula is C14H20O2. The first-order valence-electron chi connectivity index (χ1n) is 6.17. The van der Waals surface area contributed by atoms with Crippen LogP contribution in [0, 0.1) is 0 Å². The fourth-order valence-corrected chi connectivity index (χ4v) is 2.59. The molecule has 0 fully saturated rings. The quantitative estimate of drug-likeness (QED) is 0.845. The zero-order valence-corrected chi connectivity index (χ0v) is 10.1. The molecule has 1 aliphatic rings. The predicted molar refractivity (Wildman–Crippen MR) is 64.6 cm³/mol. The third-order valence-electron chi connectivity index (χ3n) is 3.52. The van der Waals surface area contributed by atoms with Crippen LogP contribution in [0.25, 0.3) is 0 Å². The molecule has 0 spiro atoms. The Hall–Kier alpha value is -1.02. The molecule has 0 amide bonds. The lowest BCUT2D eigenvalue weighted by Crippen LogP contribution is -2.40.